The molecule has 1 N–H and O–H groups in total. The van der Waals surface area contributed by atoms with Crippen molar-refractivity contribution in [3.05, 3.63) is 0 Å². The van der Waals surface area contributed by atoms with Crippen LogP contribution in [0.2, 0.25) is 0 Å². The summed E-state index contributed by atoms with van der Waals surface area (Å²) in [4.78, 5) is 21.4. The second-order valence-electron chi connectivity index (χ2n) is 2.62. The van der Waals surface area contributed by atoms with Gasteiger partial charge in [-0.2, -0.15) is 0 Å². The van der Waals surface area contributed by atoms with Crippen molar-refractivity contribution in [3.63, 3.8) is 0 Å². The number of hydrogen-bond acceptors (Lipinski definition) is 5. The number of aliphatic hydroxyl groups excluding tert-OH is 1. The standard InChI is InChI=1S/C7H10O5/c8-4-11-3-5-1-6(9)12-7(10)2-5/h5,8H,1-4H2. The molecule has 1 fully saturated rings. The predicted molar refractivity (Wildman–Crippen MR) is 36.9 cm³/mol. The number of ether oxygens (including phenoxy) is 2. The Kier molecular flexibility index (Phi) is 3.19. The summed E-state index contributed by atoms with van der Waals surface area (Å²) >= 11 is 0. The SMILES string of the molecule is O=C1CC(COCO)CC(=O)O1. The van der Waals surface area contributed by atoms with Crippen molar-refractivity contribution in [1.29, 1.82) is 0 Å². The largest absolute Gasteiger partial charge is 0.393 e. The first kappa shape index (κ1) is 9.15. The van der Waals surface area contributed by atoms with E-state index >= 15 is 0 Å². The van der Waals surface area contributed by atoms with E-state index in [0.29, 0.717) is 0 Å². The molecule has 5 heteroatoms. The summed E-state index contributed by atoms with van der Waals surface area (Å²) in [5.41, 5.74) is 0. The first-order valence-corrected chi connectivity index (χ1v) is 3.64. The second-order valence-corrected chi connectivity index (χ2v) is 2.62. The van der Waals surface area contributed by atoms with Gasteiger partial charge in [0.1, 0.15) is 6.79 Å². The van der Waals surface area contributed by atoms with Crippen LogP contribution in [0.4, 0.5) is 0 Å². The molecule has 0 saturated carbocycles. The molecule has 1 rings (SSSR count). The molecule has 0 aliphatic carbocycles. The van der Waals surface area contributed by atoms with Gasteiger partial charge in [-0.05, 0) is 0 Å². The molecule has 0 atom stereocenters. The average molecular weight is 174 g/mol. The highest BCUT2D eigenvalue weighted by molar-refractivity contribution is 5.88. The van der Waals surface area contributed by atoms with E-state index in [0.717, 1.165) is 0 Å². The lowest BCUT2D eigenvalue weighted by molar-refractivity contribution is -0.167. The lowest BCUT2D eigenvalue weighted by atomic mass is 10.0. The molecule has 0 radical (unpaired) electrons. The van der Waals surface area contributed by atoms with E-state index in [-0.39, 0.29) is 32.2 Å². The number of esters is 2. The lowest BCUT2D eigenvalue weighted by Gasteiger charge is -2.18. The summed E-state index contributed by atoms with van der Waals surface area (Å²) in [6.07, 6.45) is 0.372. The minimum atomic E-state index is -0.516. The van der Waals surface area contributed by atoms with Gasteiger partial charge in [-0.25, -0.2) is 0 Å². The topological polar surface area (TPSA) is 72.8 Å². The summed E-state index contributed by atoms with van der Waals surface area (Å²) in [6.45, 7) is -0.170. The maximum absolute atomic E-state index is 10.7. The maximum Gasteiger partial charge on any atom is 0.313 e. The minimum Gasteiger partial charge on any atom is -0.393 e. The van der Waals surface area contributed by atoms with Crippen LogP contribution in [0.3, 0.4) is 0 Å². The number of carbonyl (C=O) groups excluding carboxylic acids is 2. The molecule has 12 heavy (non-hydrogen) atoms. The van der Waals surface area contributed by atoms with E-state index in [4.69, 9.17) is 5.11 Å². The third kappa shape index (κ3) is 2.60. The molecule has 1 heterocycles. The van der Waals surface area contributed by atoms with Crippen LogP contribution >= 0.6 is 0 Å². The van der Waals surface area contributed by atoms with Crippen LogP contribution < -0.4 is 0 Å². The Balaban J connectivity index is 2.34. The van der Waals surface area contributed by atoms with Crippen molar-refractivity contribution in [3.8, 4) is 0 Å². The molecule has 0 unspecified atom stereocenters. The molecular formula is C7H10O5. The molecule has 1 aliphatic rings. The maximum atomic E-state index is 10.7. The highest BCUT2D eigenvalue weighted by Gasteiger charge is 2.26. The molecule has 1 aliphatic heterocycles. The summed E-state index contributed by atoms with van der Waals surface area (Å²) < 4.78 is 8.97. The van der Waals surface area contributed by atoms with Gasteiger partial charge in [0.25, 0.3) is 0 Å². The number of rotatable bonds is 3. The van der Waals surface area contributed by atoms with Gasteiger partial charge in [-0.1, -0.05) is 0 Å². The molecule has 68 valence electrons. The number of aliphatic hydroxyl groups is 1. The second kappa shape index (κ2) is 4.18. The van der Waals surface area contributed by atoms with E-state index in [9.17, 15) is 9.59 Å². The van der Waals surface area contributed by atoms with Crippen LogP contribution in [0, 0.1) is 5.92 Å². The predicted octanol–water partition coefficient (Wildman–Crippen LogP) is -0.567. The molecule has 0 spiro atoms. The Morgan fingerprint density at radius 2 is 2.00 bits per heavy atom. The molecule has 5 nitrogen and oxygen atoms in total. The third-order valence-electron chi connectivity index (χ3n) is 1.58. The quantitative estimate of drug-likeness (QED) is 0.352. The highest BCUT2D eigenvalue weighted by Crippen LogP contribution is 2.16. The first-order valence-electron chi connectivity index (χ1n) is 3.64. The van der Waals surface area contributed by atoms with Crippen molar-refractivity contribution in [2.75, 3.05) is 13.4 Å². The van der Waals surface area contributed by atoms with E-state index in [1.54, 1.807) is 0 Å². The Morgan fingerprint density at radius 3 is 2.50 bits per heavy atom. The van der Waals surface area contributed by atoms with Crippen LogP contribution in [-0.2, 0) is 19.1 Å². The lowest BCUT2D eigenvalue weighted by Crippen LogP contribution is -2.28. The van der Waals surface area contributed by atoms with Crippen molar-refractivity contribution >= 4 is 11.9 Å². The zero-order chi connectivity index (χ0) is 8.97. The summed E-state index contributed by atoms with van der Waals surface area (Å²) in [5.74, 6) is -1.18. The van der Waals surface area contributed by atoms with Crippen LogP contribution in [0.5, 0.6) is 0 Å². The monoisotopic (exact) mass is 174 g/mol. The van der Waals surface area contributed by atoms with Gasteiger partial charge in [0.15, 0.2) is 0 Å². The number of hydrogen-bond donors (Lipinski definition) is 1. The fourth-order valence-corrected chi connectivity index (χ4v) is 1.09. The van der Waals surface area contributed by atoms with Crippen molar-refractivity contribution in [1.82, 2.24) is 0 Å². The molecule has 0 aromatic rings. The molecular weight excluding hydrogens is 164 g/mol. The van der Waals surface area contributed by atoms with Crippen molar-refractivity contribution in [2.45, 2.75) is 12.8 Å². The Labute approximate surface area is 69.3 Å². The number of cyclic esters (lactones) is 2. The zero-order valence-corrected chi connectivity index (χ0v) is 6.49. The Morgan fingerprint density at radius 1 is 1.42 bits per heavy atom. The van der Waals surface area contributed by atoms with Gasteiger partial charge in [-0.3, -0.25) is 9.59 Å². The zero-order valence-electron chi connectivity index (χ0n) is 6.49. The van der Waals surface area contributed by atoms with Gasteiger partial charge in [-0.15, -0.1) is 0 Å². The van der Waals surface area contributed by atoms with Gasteiger partial charge in [0.2, 0.25) is 0 Å². The van der Waals surface area contributed by atoms with E-state index < -0.39 is 11.9 Å². The summed E-state index contributed by atoms with van der Waals surface area (Å²) in [7, 11) is 0. The fraction of sp³-hybridized carbons (Fsp3) is 0.714. The third-order valence-corrected chi connectivity index (χ3v) is 1.58. The molecule has 0 bridgehead atoms. The number of carbonyl (C=O) groups is 2. The molecule has 1 saturated heterocycles. The van der Waals surface area contributed by atoms with Crippen LogP contribution in [-0.4, -0.2) is 30.4 Å². The van der Waals surface area contributed by atoms with E-state index in [1.165, 1.54) is 0 Å². The van der Waals surface area contributed by atoms with Gasteiger partial charge in [0, 0.05) is 5.92 Å². The van der Waals surface area contributed by atoms with Crippen LogP contribution in [0.1, 0.15) is 12.8 Å². The highest BCUT2D eigenvalue weighted by atomic mass is 16.6. The van der Waals surface area contributed by atoms with Gasteiger partial charge in [0.05, 0.1) is 19.4 Å². The van der Waals surface area contributed by atoms with Crippen LogP contribution in [0.25, 0.3) is 0 Å². The van der Waals surface area contributed by atoms with Crippen molar-refractivity contribution in [2.24, 2.45) is 5.92 Å². The Hall–Kier alpha value is -0.940. The smallest absolute Gasteiger partial charge is 0.313 e. The minimum absolute atomic E-state index is 0.147. The fourth-order valence-electron chi connectivity index (χ4n) is 1.09. The molecule has 0 amide bonds. The molecule has 0 aromatic carbocycles. The Bertz CT molecular complexity index is 172. The first-order chi connectivity index (χ1) is 5.72. The van der Waals surface area contributed by atoms with E-state index in [2.05, 4.69) is 9.47 Å². The summed E-state index contributed by atoms with van der Waals surface area (Å²) in [5, 5.41) is 8.31. The normalized spacial score (nSPS) is 19.4. The van der Waals surface area contributed by atoms with Gasteiger partial charge >= 0.3 is 11.9 Å². The average Bonchev–Trinajstić information content (AvgIpc) is 1.99. The molecule has 0 aromatic heterocycles. The summed E-state index contributed by atoms with van der Waals surface area (Å²) in [6, 6.07) is 0. The van der Waals surface area contributed by atoms with Gasteiger partial charge < -0.3 is 14.6 Å². The van der Waals surface area contributed by atoms with Crippen molar-refractivity contribution < 1.29 is 24.2 Å². The van der Waals surface area contributed by atoms with Crippen LogP contribution in [0.15, 0.2) is 0 Å². The van der Waals surface area contributed by atoms with E-state index in [1.807, 2.05) is 0 Å².